The Kier molecular flexibility index (Phi) is 4.36. The maximum Gasteiger partial charge on any atom is 0.495 e. The van der Waals surface area contributed by atoms with Crippen LogP contribution in [0.1, 0.15) is 0 Å². The average Bonchev–Trinajstić information content (AvgIpc) is 2.27. The van der Waals surface area contributed by atoms with E-state index in [0.717, 1.165) is 12.1 Å². The first-order chi connectivity index (χ1) is 8.58. The van der Waals surface area contributed by atoms with Crippen molar-refractivity contribution in [2.24, 2.45) is 0 Å². The van der Waals surface area contributed by atoms with Crippen molar-refractivity contribution in [1.29, 1.82) is 0 Å². The van der Waals surface area contributed by atoms with Gasteiger partial charge in [0.2, 0.25) is 0 Å². The lowest BCUT2D eigenvalue weighted by molar-refractivity contribution is -0.346. The molecule has 0 fully saturated rings. The zero-order chi connectivity index (χ0) is 14.8. The van der Waals surface area contributed by atoms with Crippen molar-refractivity contribution in [1.82, 2.24) is 0 Å². The van der Waals surface area contributed by atoms with E-state index in [4.69, 9.17) is 5.73 Å². The molecule has 0 heterocycles. The summed E-state index contributed by atoms with van der Waals surface area (Å²) in [6.07, 6.45) is -10.2. The molecule has 0 aromatic heterocycles. The van der Waals surface area contributed by atoms with Crippen LogP contribution in [-0.2, 0) is 4.65 Å². The zero-order valence-corrected chi connectivity index (χ0v) is 9.16. The van der Waals surface area contributed by atoms with E-state index in [9.17, 15) is 31.4 Å². The van der Waals surface area contributed by atoms with Crippen molar-refractivity contribution in [3.05, 3.63) is 24.3 Å². The molecule has 1 aromatic carbocycles. The van der Waals surface area contributed by atoms with Gasteiger partial charge in [0, 0.05) is 5.69 Å². The van der Waals surface area contributed by atoms with Gasteiger partial charge in [0.1, 0.15) is 0 Å². The summed E-state index contributed by atoms with van der Waals surface area (Å²) >= 11 is 0. The summed E-state index contributed by atoms with van der Waals surface area (Å²) in [5.74, 6) is -5.73. The van der Waals surface area contributed by atoms with Crippen molar-refractivity contribution >= 4 is 18.3 Å². The Morgan fingerprint density at radius 2 is 1.79 bits per heavy atom. The summed E-state index contributed by atoms with van der Waals surface area (Å²) in [4.78, 5) is 0. The van der Waals surface area contributed by atoms with Gasteiger partial charge in [-0.3, -0.25) is 0 Å². The predicted molar refractivity (Wildman–Crippen MR) is 55.4 cm³/mol. The minimum absolute atomic E-state index is 0.0455. The quantitative estimate of drug-likeness (QED) is 0.490. The van der Waals surface area contributed by atoms with Crippen molar-refractivity contribution in [2.75, 3.05) is 5.73 Å². The van der Waals surface area contributed by atoms with E-state index >= 15 is 0 Å². The largest absolute Gasteiger partial charge is 0.495 e. The van der Waals surface area contributed by atoms with Crippen LogP contribution in [0.15, 0.2) is 24.3 Å². The van der Waals surface area contributed by atoms with Crippen LogP contribution in [0.2, 0.25) is 0 Å². The first-order valence-electron chi connectivity index (χ1n) is 4.83. The van der Waals surface area contributed by atoms with E-state index < -0.39 is 25.6 Å². The molecule has 3 N–H and O–H groups in total. The number of alkyl halides is 6. The minimum atomic E-state index is -5.73. The highest BCUT2D eigenvalue weighted by Crippen LogP contribution is 2.40. The molecule has 0 saturated heterocycles. The van der Waals surface area contributed by atoms with Crippen LogP contribution in [0.5, 0.6) is 0 Å². The van der Waals surface area contributed by atoms with E-state index in [0.29, 0.717) is 0 Å². The summed E-state index contributed by atoms with van der Waals surface area (Å²) < 4.78 is 77.7. The van der Waals surface area contributed by atoms with E-state index in [2.05, 4.69) is 4.65 Å². The Bertz CT molecular complexity index is 444. The third-order valence-corrected chi connectivity index (χ3v) is 2.12. The summed E-state index contributed by atoms with van der Waals surface area (Å²) in [5.41, 5.74) is 4.95. The molecular weight excluding hydrogens is 279 g/mol. The van der Waals surface area contributed by atoms with Gasteiger partial charge in [-0.05, 0) is 17.6 Å². The number of nitrogens with two attached hydrogens (primary N) is 1. The van der Waals surface area contributed by atoms with Gasteiger partial charge in [-0.2, -0.15) is 17.6 Å². The Hall–Kier alpha value is -1.42. The number of rotatable bonds is 5. The highest BCUT2D eigenvalue weighted by atomic mass is 19.3. The molecule has 3 nitrogen and oxygen atoms in total. The van der Waals surface area contributed by atoms with Crippen LogP contribution in [0.25, 0.3) is 0 Å². The standard InChI is InChI=1S/C9H8BF6NO2/c11-7(12)8(13,14)9(15,16)19-10(18)5-2-1-3-6(17)4-5/h1-4,7,18H,17H2. The number of benzene rings is 1. The minimum Gasteiger partial charge on any atom is -0.423 e. The molecule has 0 radical (unpaired) electrons. The van der Waals surface area contributed by atoms with Gasteiger partial charge in [0.25, 0.3) is 0 Å². The first-order valence-corrected chi connectivity index (χ1v) is 4.83. The third kappa shape index (κ3) is 3.32. The summed E-state index contributed by atoms with van der Waals surface area (Å²) in [6.45, 7) is 0. The van der Waals surface area contributed by atoms with Gasteiger partial charge in [0.05, 0.1) is 0 Å². The molecule has 0 spiro atoms. The molecule has 0 saturated carbocycles. The molecule has 19 heavy (non-hydrogen) atoms. The second-order valence-corrected chi connectivity index (χ2v) is 3.58. The molecule has 1 aromatic rings. The van der Waals surface area contributed by atoms with Gasteiger partial charge in [-0.15, -0.1) is 0 Å². The zero-order valence-electron chi connectivity index (χ0n) is 9.16. The van der Waals surface area contributed by atoms with Crippen molar-refractivity contribution in [3.8, 4) is 0 Å². The van der Waals surface area contributed by atoms with E-state index in [1.54, 1.807) is 0 Å². The maximum atomic E-state index is 12.8. The molecule has 10 heteroatoms. The third-order valence-electron chi connectivity index (χ3n) is 2.12. The van der Waals surface area contributed by atoms with E-state index in [1.807, 2.05) is 0 Å². The van der Waals surface area contributed by atoms with Crippen LogP contribution in [-0.4, -0.2) is 30.6 Å². The van der Waals surface area contributed by atoms with Crippen LogP contribution in [0, 0.1) is 0 Å². The van der Waals surface area contributed by atoms with Crippen LogP contribution in [0.4, 0.5) is 32.0 Å². The number of nitrogen functional groups attached to an aromatic ring is 1. The topological polar surface area (TPSA) is 55.5 Å². The normalized spacial score (nSPS) is 12.8. The molecular formula is C9H8BF6NO2. The molecule has 0 atom stereocenters. The fourth-order valence-corrected chi connectivity index (χ4v) is 1.13. The van der Waals surface area contributed by atoms with Gasteiger partial charge in [-0.1, -0.05) is 12.1 Å². The van der Waals surface area contributed by atoms with Crippen molar-refractivity contribution < 1.29 is 36.0 Å². The fraction of sp³-hybridized carbons (Fsp3) is 0.333. The fourth-order valence-electron chi connectivity index (χ4n) is 1.13. The Balaban J connectivity index is 2.89. The number of anilines is 1. The molecule has 0 aliphatic rings. The lowest BCUT2D eigenvalue weighted by Gasteiger charge is -2.26. The number of hydrogen-bond acceptors (Lipinski definition) is 3. The van der Waals surface area contributed by atoms with Gasteiger partial charge < -0.3 is 15.4 Å². The van der Waals surface area contributed by atoms with E-state index in [1.165, 1.54) is 12.1 Å². The van der Waals surface area contributed by atoms with Crippen molar-refractivity contribution in [2.45, 2.75) is 18.5 Å². The Morgan fingerprint density at radius 3 is 2.26 bits per heavy atom. The predicted octanol–water partition coefficient (Wildman–Crippen LogP) is 1.47. The second kappa shape index (κ2) is 5.29. The summed E-state index contributed by atoms with van der Waals surface area (Å²) in [6, 6.07) is 4.60. The summed E-state index contributed by atoms with van der Waals surface area (Å²) in [5, 5.41) is 9.19. The molecule has 106 valence electrons. The first kappa shape index (κ1) is 15.6. The highest BCUT2D eigenvalue weighted by molar-refractivity contribution is 6.60. The van der Waals surface area contributed by atoms with Crippen LogP contribution in [0.3, 0.4) is 0 Å². The molecule has 0 aliphatic heterocycles. The van der Waals surface area contributed by atoms with Crippen molar-refractivity contribution in [3.63, 3.8) is 0 Å². The maximum absolute atomic E-state index is 12.8. The van der Waals surface area contributed by atoms with E-state index in [-0.39, 0.29) is 11.2 Å². The average molecular weight is 287 g/mol. The molecule has 0 unspecified atom stereocenters. The molecule has 0 aliphatic carbocycles. The van der Waals surface area contributed by atoms with Gasteiger partial charge >= 0.3 is 25.6 Å². The Morgan fingerprint density at radius 1 is 1.21 bits per heavy atom. The second-order valence-electron chi connectivity index (χ2n) is 3.58. The monoisotopic (exact) mass is 287 g/mol. The molecule has 0 amide bonds. The Labute approximate surface area is 104 Å². The molecule has 0 bridgehead atoms. The number of hydrogen-bond donors (Lipinski definition) is 2. The van der Waals surface area contributed by atoms with Gasteiger partial charge in [0.15, 0.2) is 0 Å². The lowest BCUT2D eigenvalue weighted by atomic mass is 9.79. The SMILES string of the molecule is Nc1cccc(B(O)OC(F)(F)C(F)(F)C(F)F)c1. The van der Waals surface area contributed by atoms with Crippen LogP contribution >= 0.6 is 0 Å². The number of halogens is 6. The summed E-state index contributed by atoms with van der Waals surface area (Å²) in [7, 11) is -2.52. The van der Waals surface area contributed by atoms with Crippen LogP contribution < -0.4 is 11.2 Å². The highest BCUT2D eigenvalue weighted by Gasteiger charge is 2.65. The van der Waals surface area contributed by atoms with Gasteiger partial charge in [-0.25, -0.2) is 8.78 Å². The smallest absolute Gasteiger partial charge is 0.423 e. The lowest BCUT2D eigenvalue weighted by Crippen LogP contribution is -2.53. The molecule has 1 rings (SSSR count).